The van der Waals surface area contributed by atoms with E-state index in [-0.39, 0.29) is 29.8 Å². The average Bonchev–Trinajstić information content (AvgIpc) is 2.36. The van der Waals surface area contributed by atoms with Crippen molar-refractivity contribution in [1.29, 1.82) is 0 Å². The van der Waals surface area contributed by atoms with Crippen LogP contribution in [-0.2, 0) is 4.79 Å². The van der Waals surface area contributed by atoms with E-state index in [0.717, 1.165) is 0 Å². The molecular formula is C16H27ClN2O. The van der Waals surface area contributed by atoms with Crippen LogP contribution in [0.1, 0.15) is 45.6 Å². The molecule has 0 aromatic heterocycles. The fourth-order valence-corrected chi connectivity index (χ4v) is 2.12. The van der Waals surface area contributed by atoms with Gasteiger partial charge in [0.05, 0.1) is 0 Å². The van der Waals surface area contributed by atoms with Crippen LogP contribution in [0.3, 0.4) is 0 Å². The Hall–Kier alpha value is -1.06. The Balaban J connectivity index is 0.00000361. The van der Waals surface area contributed by atoms with Gasteiger partial charge in [-0.2, -0.15) is 0 Å². The molecule has 1 amide bonds. The molecule has 3 nitrogen and oxygen atoms in total. The summed E-state index contributed by atoms with van der Waals surface area (Å²) < 4.78 is 0. The number of hydrogen-bond acceptors (Lipinski definition) is 2. The van der Waals surface area contributed by atoms with E-state index in [0.29, 0.717) is 18.9 Å². The van der Waals surface area contributed by atoms with Crippen LogP contribution in [0.5, 0.6) is 0 Å². The van der Waals surface area contributed by atoms with Crippen LogP contribution < -0.4 is 11.1 Å². The van der Waals surface area contributed by atoms with Crippen LogP contribution in [0.4, 0.5) is 0 Å². The molecule has 0 bridgehead atoms. The number of hydrogen-bond donors (Lipinski definition) is 2. The highest BCUT2D eigenvalue weighted by molar-refractivity contribution is 5.85. The quantitative estimate of drug-likeness (QED) is 0.848. The van der Waals surface area contributed by atoms with Gasteiger partial charge in [-0.3, -0.25) is 4.79 Å². The molecule has 4 heteroatoms. The van der Waals surface area contributed by atoms with Crippen LogP contribution in [0.15, 0.2) is 30.3 Å². The Morgan fingerprint density at radius 1 is 1.25 bits per heavy atom. The van der Waals surface area contributed by atoms with Gasteiger partial charge in [-0.25, -0.2) is 0 Å². The van der Waals surface area contributed by atoms with Crippen LogP contribution in [0.25, 0.3) is 0 Å². The number of rotatable bonds is 6. The van der Waals surface area contributed by atoms with Gasteiger partial charge in [0.25, 0.3) is 0 Å². The zero-order valence-electron chi connectivity index (χ0n) is 12.8. The third-order valence-corrected chi connectivity index (χ3v) is 3.43. The molecule has 0 aliphatic carbocycles. The second-order valence-electron chi connectivity index (χ2n) is 6.10. The first-order chi connectivity index (χ1) is 8.85. The summed E-state index contributed by atoms with van der Waals surface area (Å²) in [5.74, 6) is 0.738. The highest BCUT2D eigenvalue weighted by atomic mass is 35.5. The molecule has 1 atom stereocenters. The van der Waals surface area contributed by atoms with E-state index in [2.05, 4.69) is 31.3 Å². The van der Waals surface area contributed by atoms with Gasteiger partial charge in [-0.15, -0.1) is 12.4 Å². The largest absolute Gasteiger partial charge is 0.350 e. The molecule has 114 valence electrons. The van der Waals surface area contributed by atoms with E-state index in [9.17, 15) is 4.79 Å². The Morgan fingerprint density at radius 3 is 2.25 bits per heavy atom. The zero-order valence-corrected chi connectivity index (χ0v) is 13.7. The second-order valence-corrected chi connectivity index (χ2v) is 6.10. The van der Waals surface area contributed by atoms with Gasteiger partial charge in [0.1, 0.15) is 0 Å². The van der Waals surface area contributed by atoms with Crippen molar-refractivity contribution in [2.24, 2.45) is 11.7 Å². The molecule has 20 heavy (non-hydrogen) atoms. The fraction of sp³-hybridized carbons (Fsp3) is 0.562. The average molecular weight is 299 g/mol. The summed E-state index contributed by atoms with van der Waals surface area (Å²) in [6.45, 7) is 8.63. The predicted octanol–water partition coefficient (Wildman–Crippen LogP) is 3.09. The van der Waals surface area contributed by atoms with E-state index in [1.54, 1.807) is 0 Å². The first-order valence-electron chi connectivity index (χ1n) is 6.92. The smallest absolute Gasteiger partial charge is 0.221 e. The SMILES string of the molecule is CC(C)C(CC(=O)NC(C)(C)CN)c1ccccc1.Cl. The fourth-order valence-electron chi connectivity index (χ4n) is 2.12. The molecule has 1 aromatic rings. The van der Waals surface area contributed by atoms with Crippen molar-refractivity contribution in [1.82, 2.24) is 5.32 Å². The molecule has 1 unspecified atom stereocenters. The summed E-state index contributed by atoms with van der Waals surface area (Å²) in [4.78, 5) is 12.1. The van der Waals surface area contributed by atoms with Crippen molar-refractivity contribution >= 4 is 18.3 Å². The summed E-state index contributed by atoms with van der Waals surface area (Å²) in [5.41, 5.74) is 6.52. The summed E-state index contributed by atoms with van der Waals surface area (Å²) in [5, 5.41) is 3.00. The summed E-state index contributed by atoms with van der Waals surface area (Å²) >= 11 is 0. The lowest BCUT2D eigenvalue weighted by molar-refractivity contribution is -0.123. The molecule has 0 radical (unpaired) electrons. The van der Waals surface area contributed by atoms with Crippen molar-refractivity contribution in [2.75, 3.05) is 6.54 Å². The maximum atomic E-state index is 12.1. The number of carbonyl (C=O) groups is 1. The molecular weight excluding hydrogens is 272 g/mol. The van der Waals surface area contributed by atoms with Gasteiger partial charge >= 0.3 is 0 Å². The minimum absolute atomic E-state index is 0. The Kier molecular flexibility index (Phi) is 7.84. The lowest BCUT2D eigenvalue weighted by Gasteiger charge is -2.27. The topological polar surface area (TPSA) is 55.1 Å². The molecule has 3 N–H and O–H groups in total. The number of amides is 1. The van der Waals surface area contributed by atoms with Crippen molar-refractivity contribution in [2.45, 2.75) is 45.6 Å². The first-order valence-corrected chi connectivity index (χ1v) is 6.92. The lowest BCUT2D eigenvalue weighted by atomic mass is 9.85. The van der Waals surface area contributed by atoms with Gasteiger partial charge < -0.3 is 11.1 Å². The van der Waals surface area contributed by atoms with Crippen LogP contribution >= 0.6 is 12.4 Å². The predicted molar refractivity (Wildman–Crippen MR) is 87.2 cm³/mol. The van der Waals surface area contributed by atoms with Crippen molar-refractivity contribution < 1.29 is 4.79 Å². The number of carbonyl (C=O) groups excluding carboxylic acids is 1. The lowest BCUT2D eigenvalue weighted by Crippen LogP contribution is -2.49. The Morgan fingerprint density at radius 2 is 1.80 bits per heavy atom. The van der Waals surface area contributed by atoms with Gasteiger partial charge in [-0.1, -0.05) is 44.2 Å². The van der Waals surface area contributed by atoms with E-state index in [1.165, 1.54) is 5.56 Å². The number of benzene rings is 1. The van der Waals surface area contributed by atoms with E-state index in [1.807, 2.05) is 32.0 Å². The number of nitrogens with two attached hydrogens (primary N) is 1. The third kappa shape index (κ3) is 5.93. The summed E-state index contributed by atoms with van der Waals surface area (Å²) in [6.07, 6.45) is 0.505. The molecule has 0 spiro atoms. The minimum Gasteiger partial charge on any atom is -0.350 e. The van der Waals surface area contributed by atoms with Crippen molar-refractivity contribution in [3.63, 3.8) is 0 Å². The van der Waals surface area contributed by atoms with Crippen LogP contribution in [-0.4, -0.2) is 18.0 Å². The molecule has 1 rings (SSSR count). The van der Waals surface area contributed by atoms with Crippen LogP contribution in [0.2, 0.25) is 0 Å². The van der Waals surface area contributed by atoms with Crippen LogP contribution in [0, 0.1) is 5.92 Å². The molecule has 1 aromatic carbocycles. The van der Waals surface area contributed by atoms with Gasteiger partial charge in [0.2, 0.25) is 5.91 Å². The van der Waals surface area contributed by atoms with E-state index in [4.69, 9.17) is 5.73 Å². The molecule has 0 aliphatic heterocycles. The maximum absolute atomic E-state index is 12.1. The van der Waals surface area contributed by atoms with E-state index >= 15 is 0 Å². The monoisotopic (exact) mass is 298 g/mol. The van der Waals surface area contributed by atoms with Crippen molar-refractivity contribution in [3.05, 3.63) is 35.9 Å². The van der Waals surface area contributed by atoms with Gasteiger partial charge in [-0.05, 0) is 31.2 Å². The van der Waals surface area contributed by atoms with Crippen molar-refractivity contribution in [3.8, 4) is 0 Å². The zero-order chi connectivity index (χ0) is 14.5. The molecule has 0 aliphatic rings. The highest BCUT2D eigenvalue weighted by Gasteiger charge is 2.23. The van der Waals surface area contributed by atoms with Gasteiger partial charge in [0.15, 0.2) is 0 Å². The molecule has 0 fully saturated rings. The first kappa shape index (κ1) is 18.9. The normalized spacial score (nSPS) is 12.7. The minimum atomic E-state index is -0.338. The summed E-state index contributed by atoms with van der Waals surface area (Å²) in [6, 6.07) is 10.2. The highest BCUT2D eigenvalue weighted by Crippen LogP contribution is 2.27. The summed E-state index contributed by atoms with van der Waals surface area (Å²) in [7, 11) is 0. The standard InChI is InChI=1S/C16H26N2O.ClH/c1-12(2)14(13-8-6-5-7-9-13)10-15(19)18-16(3,4)11-17;/h5-9,12,14H,10-11,17H2,1-4H3,(H,18,19);1H. The second kappa shape index (κ2) is 8.28. The maximum Gasteiger partial charge on any atom is 0.221 e. The number of nitrogens with one attached hydrogen (secondary N) is 1. The molecule has 0 saturated heterocycles. The molecule has 0 saturated carbocycles. The van der Waals surface area contributed by atoms with E-state index < -0.39 is 0 Å². The molecule has 0 heterocycles. The Bertz CT molecular complexity index is 404. The Labute approximate surface area is 128 Å². The van der Waals surface area contributed by atoms with Gasteiger partial charge in [0, 0.05) is 18.5 Å². The number of halogens is 1. The third-order valence-electron chi connectivity index (χ3n) is 3.43.